The van der Waals surface area contributed by atoms with Crippen molar-refractivity contribution in [1.29, 1.82) is 0 Å². The molecule has 0 aliphatic heterocycles. The Kier molecular flexibility index (Phi) is 5.75. The highest BCUT2D eigenvalue weighted by Crippen LogP contribution is 2.29. The van der Waals surface area contributed by atoms with Crippen molar-refractivity contribution < 1.29 is 5.11 Å². The zero-order valence-corrected chi connectivity index (χ0v) is 14.6. The van der Waals surface area contributed by atoms with E-state index in [-0.39, 0.29) is 12.1 Å². The van der Waals surface area contributed by atoms with E-state index in [2.05, 4.69) is 51.2 Å². The van der Waals surface area contributed by atoms with Crippen molar-refractivity contribution in [3.8, 4) is 0 Å². The molecule has 118 valence electrons. The second-order valence-corrected chi connectivity index (χ2v) is 8.39. The lowest BCUT2D eigenvalue weighted by Crippen LogP contribution is -2.48. The summed E-state index contributed by atoms with van der Waals surface area (Å²) in [6.45, 7) is 8.97. The highest BCUT2D eigenvalue weighted by molar-refractivity contribution is 7.99. The summed E-state index contributed by atoms with van der Waals surface area (Å²) in [6, 6.07) is 7.42. The van der Waals surface area contributed by atoms with Crippen LogP contribution in [0.25, 0.3) is 0 Å². The lowest BCUT2D eigenvalue weighted by molar-refractivity contribution is 0.164. The maximum Gasteiger partial charge on any atom is 0.0611 e. The van der Waals surface area contributed by atoms with Crippen LogP contribution < -0.4 is 5.32 Å². The molecule has 2 unspecified atom stereocenters. The van der Waals surface area contributed by atoms with E-state index in [1.807, 2.05) is 11.8 Å². The van der Waals surface area contributed by atoms with Gasteiger partial charge in [-0.05, 0) is 45.6 Å². The molecule has 21 heavy (non-hydrogen) atoms. The van der Waals surface area contributed by atoms with Crippen LogP contribution in [0.3, 0.4) is 0 Å². The quantitative estimate of drug-likeness (QED) is 0.766. The average molecular weight is 308 g/mol. The van der Waals surface area contributed by atoms with E-state index in [1.165, 1.54) is 29.5 Å². The molecule has 0 bridgehead atoms. The van der Waals surface area contributed by atoms with E-state index in [0.717, 1.165) is 12.2 Å². The molecule has 1 aliphatic rings. The summed E-state index contributed by atoms with van der Waals surface area (Å²) in [5.41, 5.74) is 3.96. The summed E-state index contributed by atoms with van der Waals surface area (Å²) in [7, 11) is 0. The molecule has 2 atom stereocenters. The number of hydrogen-bond donors (Lipinski definition) is 2. The van der Waals surface area contributed by atoms with Crippen molar-refractivity contribution in [3.63, 3.8) is 0 Å². The lowest BCUT2D eigenvalue weighted by atomic mass is 9.97. The first-order valence-corrected chi connectivity index (χ1v) is 9.02. The van der Waals surface area contributed by atoms with Gasteiger partial charge in [-0.1, -0.05) is 36.2 Å². The van der Waals surface area contributed by atoms with Gasteiger partial charge in [0.25, 0.3) is 0 Å². The molecule has 3 heteroatoms. The molecule has 0 spiro atoms. The van der Waals surface area contributed by atoms with Gasteiger partial charge in [0.2, 0.25) is 0 Å². The first-order valence-electron chi connectivity index (χ1n) is 7.97. The van der Waals surface area contributed by atoms with Gasteiger partial charge in [0.05, 0.1) is 6.61 Å². The third-order valence-corrected chi connectivity index (χ3v) is 5.27. The van der Waals surface area contributed by atoms with E-state index < -0.39 is 0 Å². The van der Waals surface area contributed by atoms with Gasteiger partial charge in [-0.3, -0.25) is 0 Å². The van der Waals surface area contributed by atoms with Crippen LogP contribution in [0.2, 0.25) is 0 Å². The Morgan fingerprint density at radius 3 is 2.43 bits per heavy atom. The molecule has 0 radical (unpaired) electrons. The SMILES string of the molecule is Cc1cc(C)cc(CSC(C)CC(C)(CO)NC2CC2)c1. The molecule has 1 aromatic carbocycles. The molecule has 0 heterocycles. The number of benzene rings is 1. The zero-order chi connectivity index (χ0) is 15.5. The van der Waals surface area contributed by atoms with Crippen LogP contribution in [0.5, 0.6) is 0 Å². The third kappa shape index (κ3) is 5.65. The molecule has 0 saturated heterocycles. The predicted octanol–water partition coefficient (Wildman–Crippen LogP) is 3.82. The van der Waals surface area contributed by atoms with E-state index in [1.54, 1.807) is 0 Å². The van der Waals surface area contributed by atoms with Gasteiger partial charge in [0.15, 0.2) is 0 Å². The molecule has 1 saturated carbocycles. The van der Waals surface area contributed by atoms with Gasteiger partial charge in [0.1, 0.15) is 0 Å². The van der Waals surface area contributed by atoms with E-state index in [0.29, 0.717) is 11.3 Å². The molecule has 0 amide bonds. The summed E-state index contributed by atoms with van der Waals surface area (Å²) >= 11 is 1.99. The average Bonchev–Trinajstić information content (AvgIpc) is 3.19. The molecule has 1 aromatic rings. The van der Waals surface area contributed by atoms with E-state index in [4.69, 9.17) is 0 Å². The van der Waals surface area contributed by atoms with Crippen LogP contribution in [0.15, 0.2) is 18.2 Å². The number of aliphatic hydroxyl groups is 1. The largest absolute Gasteiger partial charge is 0.394 e. The van der Waals surface area contributed by atoms with Crippen LogP contribution in [0.4, 0.5) is 0 Å². The molecule has 2 N–H and O–H groups in total. The number of aliphatic hydroxyl groups excluding tert-OH is 1. The monoisotopic (exact) mass is 307 g/mol. The smallest absolute Gasteiger partial charge is 0.0611 e. The Hall–Kier alpha value is -0.510. The highest BCUT2D eigenvalue weighted by Gasteiger charge is 2.33. The van der Waals surface area contributed by atoms with Crippen LogP contribution >= 0.6 is 11.8 Å². The standard InChI is InChI=1S/C18H29NOS/c1-13-7-14(2)9-16(8-13)11-21-15(3)10-18(4,12-20)19-17-5-6-17/h7-9,15,17,19-20H,5-6,10-12H2,1-4H3. The van der Waals surface area contributed by atoms with Gasteiger partial charge >= 0.3 is 0 Å². The van der Waals surface area contributed by atoms with Gasteiger partial charge < -0.3 is 10.4 Å². The van der Waals surface area contributed by atoms with Crippen LogP contribution in [0.1, 0.15) is 49.8 Å². The van der Waals surface area contributed by atoms with Gasteiger partial charge in [-0.2, -0.15) is 11.8 Å². The number of rotatable bonds is 8. The zero-order valence-electron chi connectivity index (χ0n) is 13.8. The second-order valence-electron chi connectivity index (χ2n) is 6.96. The van der Waals surface area contributed by atoms with Crippen molar-refractivity contribution in [1.82, 2.24) is 5.32 Å². The van der Waals surface area contributed by atoms with Crippen molar-refractivity contribution in [3.05, 3.63) is 34.9 Å². The number of hydrogen-bond acceptors (Lipinski definition) is 3. The lowest BCUT2D eigenvalue weighted by Gasteiger charge is -2.31. The topological polar surface area (TPSA) is 32.3 Å². The minimum atomic E-state index is -0.129. The summed E-state index contributed by atoms with van der Waals surface area (Å²) < 4.78 is 0. The molecule has 0 aromatic heterocycles. The Morgan fingerprint density at radius 2 is 1.90 bits per heavy atom. The maximum atomic E-state index is 9.70. The molecule has 1 aliphatic carbocycles. The number of aryl methyl sites for hydroxylation is 2. The van der Waals surface area contributed by atoms with Crippen LogP contribution in [-0.2, 0) is 5.75 Å². The Balaban J connectivity index is 1.84. The molecule has 2 nitrogen and oxygen atoms in total. The summed E-state index contributed by atoms with van der Waals surface area (Å²) in [5, 5.41) is 13.8. The number of nitrogens with one attached hydrogen (secondary N) is 1. The normalized spacial score (nSPS) is 19.3. The van der Waals surface area contributed by atoms with Crippen molar-refractivity contribution in [2.24, 2.45) is 0 Å². The van der Waals surface area contributed by atoms with Crippen LogP contribution in [0, 0.1) is 13.8 Å². The highest BCUT2D eigenvalue weighted by atomic mass is 32.2. The fraction of sp³-hybridized carbons (Fsp3) is 0.667. The van der Waals surface area contributed by atoms with E-state index in [9.17, 15) is 5.11 Å². The van der Waals surface area contributed by atoms with Crippen LogP contribution in [-0.4, -0.2) is 28.5 Å². The van der Waals surface area contributed by atoms with Gasteiger partial charge in [0, 0.05) is 22.6 Å². The fourth-order valence-corrected chi connectivity index (χ4v) is 4.10. The molecule has 2 rings (SSSR count). The van der Waals surface area contributed by atoms with Crippen molar-refractivity contribution in [2.45, 2.75) is 69.5 Å². The Bertz CT molecular complexity index is 452. The minimum absolute atomic E-state index is 0.129. The molecule has 1 fully saturated rings. The second kappa shape index (κ2) is 7.17. The van der Waals surface area contributed by atoms with E-state index >= 15 is 0 Å². The summed E-state index contributed by atoms with van der Waals surface area (Å²) in [6.07, 6.45) is 3.54. The first kappa shape index (κ1) is 16.9. The third-order valence-electron chi connectivity index (χ3n) is 4.03. The Labute approximate surface area is 133 Å². The number of thioether (sulfide) groups is 1. The fourth-order valence-electron chi connectivity index (χ4n) is 2.97. The molecular weight excluding hydrogens is 278 g/mol. The predicted molar refractivity (Wildman–Crippen MR) is 92.9 cm³/mol. The van der Waals surface area contributed by atoms with Crippen molar-refractivity contribution in [2.75, 3.05) is 6.61 Å². The first-order chi connectivity index (χ1) is 9.90. The van der Waals surface area contributed by atoms with Crippen molar-refractivity contribution >= 4 is 11.8 Å². The summed E-state index contributed by atoms with van der Waals surface area (Å²) in [4.78, 5) is 0. The Morgan fingerprint density at radius 1 is 1.29 bits per heavy atom. The van der Waals surface area contributed by atoms with Gasteiger partial charge in [-0.15, -0.1) is 0 Å². The minimum Gasteiger partial charge on any atom is -0.394 e. The maximum absolute atomic E-state index is 9.70. The van der Waals surface area contributed by atoms with Gasteiger partial charge in [-0.25, -0.2) is 0 Å². The molecular formula is C18H29NOS. The summed E-state index contributed by atoms with van der Waals surface area (Å²) in [5.74, 6) is 1.05.